The van der Waals surface area contributed by atoms with Gasteiger partial charge in [-0.15, -0.1) is 0 Å². The SMILES string of the molecule is Cc1cn2c(cc(C)c3ccc(Br)cc32)n1. The molecule has 2 nitrogen and oxygen atoms in total. The fraction of sp³-hybridized carbons (Fsp3) is 0.154. The minimum atomic E-state index is 1.01. The predicted octanol–water partition coefficient (Wildman–Crippen LogP) is 3.87. The molecule has 2 heterocycles. The third-order valence-electron chi connectivity index (χ3n) is 2.84. The summed E-state index contributed by atoms with van der Waals surface area (Å²) in [5.41, 5.74) is 4.53. The predicted molar refractivity (Wildman–Crippen MR) is 69.9 cm³/mol. The number of nitrogens with zero attached hydrogens (tertiary/aromatic N) is 2. The second-order valence-electron chi connectivity index (χ2n) is 4.10. The molecule has 0 spiro atoms. The smallest absolute Gasteiger partial charge is 0.137 e. The zero-order chi connectivity index (χ0) is 11.3. The number of pyridine rings is 1. The summed E-state index contributed by atoms with van der Waals surface area (Å²) in [6.07, 6.45) is 2.07. The van der Waals surface area contributed by atoms with E-state index in [1.807, 2.05) is 6.92 Å². The van der Waals surface area contributed by atoms with Crippen molar-refractivity contribution in [3.63, 3.8) is 0 Å². The van der Waals surface area contributed by atoms with Gasteiger partial charge >= 0.3 is 0 Å². The van der Waals surface area contributed by atoms with Gasteiger partial charge in [-0.05, 0) is 37.6 Å². The number of fused-ring (bicyclic) bond motifs is 3. The summed E-state index contributed by atoms with van der Waals surface area (Å²) in [5.74, 6) is 0. The van der Waals surface area contributed by atoms with Gasteiger partial charge in [-0.1, -0.05) is 22.0 Å². The lowest BCUT2D eigenvalue weighted by Gasteiger charge is -2.05. The molecule has 16 heavy (non-hydrogen) atoms. The highest BCUT2D eigenvalue weighted by atomic mass is 79.9. The first-order chi connectivity index (χ1) is 7.65. The molecule has 0 bridgehead atoms. The molecule has 0 N–H and O–H groups in total. The molecule has 0 aliphatic heterocycles. The number of aryl methyl sites for hydroxylation is 2. The van der Waals surface area contributed by atoms with Crippen LogP contribution in [0.1, 0.15) is 11.3 Å². The Morgan fingerprint density at radius 1 is 1.19 bits per heavy atom. The first kappa shape index (κ1) is 9.85. The molecule has 0 saturated heterocycles. The lowest BCUT2D eigenvalue weighted by atomic mass is 10.1. The lowest BCUT2D eigenvalue weighted by molar-refractivity contribution is 1.24. The maximum absolute atomic E-state index is 4.50. The Kier molecular flexibility index (Phi) is 2.04. The van der Waals surface area contributed by atoms with E-state index in [0.29, 0.717) is 0 Å². The van der Waals surface area contributed by atoms with E-state index in [1.54, 1.807) is 0 Å². The van der Waals surface area contributed by atoms with E-state index in [2.05, 4.69) is 62.7 Å². The van der Waals surface area contributed by atoms with Crippen molar-refractivity contribution in [2.75, 3.05) is 0 Å². The molecule has 3 heteroatoms. The molecule has 0 amide bonds. The Hall–Kier alpha value is -1.35. The highest BCUT2D eigenvalue weighted by Gasteiger charge is 2.05. The van der Waals surface area contributed by atoms with Gasteiger partial charge in [0.25, 0.3) is 0 Å². The van der Waals surface area contributed by atoms with Crippen LogP contribution in [0.5, 0.6) is 0 Å². The summed E-state index contributed by atoms with van der Waals surface area (Å²) in [6, 6.07) is 8.48. The number of hydrogen-bond acceptors (Lipinski definition) is 1. The summed E-state index contributed by atoms with van der Waals surface area (Å²) in [5, 5.41) is 1.27. The first-order valence-corrected chi connectivity index (χ1v) is 5.99. The Labute approximate surface area is 102 Å². The van der Waals surface area contributed by atoms with E-state index in [4.69, 9.17) is 0 Å². The summed E-state index contributed by atoms with van der Waals surface area (Å²) in [7, 11) is 0. The summed E-state index contributed by atoms with van der Waals surface area (Å²) < 4.78 is 3.24. The maximum atomic E-state index is 4.50. The zero-order valence-electron chi connectivity index (χ0n) is 9.16. The first-order valence-electron chi connectivity index (χ1n) is 5.20. The normalized spacial score (nSPS) is 11.4. The number of halogens is 1. The van der Waals surface area contributed by atoms with Crippen LogP contribution in [0, 0.1) is 13.8 Å². The van der Waals surface area contributed by atoms with Gasteiger partial charge in [0.05, 0.1) is 11.2 Å². The Morgan fingerprint density at radius 3 is 2.81 bits per heavy atom. The van der Waals surface area contributed by atoms with Crippen LogP contribution in [0.25, 0.3) is 16.6 Å². The van der Waals surface area contributed by atoms with Crippen molar-refractivity contribution in [1.82, 2.24) is 9.38 Å². The Bertz CT molecular complexity index is 698. The molecule has 3 rings (SSSR count). The second kappa shape index (κ2) is 3.32. The van der Waals surface area contributed by atoms with E-state index in [-0.39, 0.29) is 0 Å². The van der Waals surface area contributed by atoms with E-state index < -0.39 is 0 Å². The fourth-order valence-electron chi connectivity index (χ4n) is 2.12. The van der Waals surface area contributed by atoms with E-state index >= 15 is 0 Å². The van der Waals surface area contributed by atoms with Crippen molar-refractivity contribution in [2.45, 2.75) is 13.8 Å². The third kappa shape index (κ3) is 1.35. The van der Waals surface area contributed by atoms with E-state index in [9.17, 15) is 0 Å². The van der Waals surface area contributed by atoms with Crippen LogP contribution in [0.2, 0.25) is 0 Å². The molecule has 0 aliphatic rings. The average molecular weight is 275 g/mol. The second-order valence-corrected chi connectivity index (χ2v) is 5.01. The van der Waals surface area contributed by atoms with Crippen LogP contribution in [0.4, 0.5) is 0 Å². The molecule has 2 aromatic heterocycles. The van der Waals surface area contributed by atoms with Crippen LogP contribution in [0.3, 0.4) is 0 Å². The van der Waals surface area contributed by atoms with Gasteiger partial charge in [-0.2, -0.15) is 0 Å². The molecule has 1 aromatic carbocycles. The highest BCUT2D eigenvalue weighted by molar-refractivity contribution is 9.10. The minimum absolute atomic E-state index is 1.01. The van der Waals surface area contributed by atoms with Gasteiger partial charge in [-0.3, -0.25) is 4.40 Å². The fourth-order valence-corrected chi connectivity index (χ4v) is 2.47. The van der Waals surface area contributed by atoms with Crippen molar-refractivity contribution < 1.29 is 0 Å². The van der Waals surface area contributed by atoms with Gasteiger partial charge in [0, 0.05) is 16.1 Å². The molecule has 3 aromatic rings. The molecule has 0 fully saturated rings. The van der Waals surface area contributed by atoms with Gasteiger partial charge in [0.1, 0.15) is 5.65 Å². The molecule has 0 saturated carbocycles. The molecule has 0 atom stereocenters. The monoisotopic (exact) mass is 274 g/mol. The van der Waals surface area contributed by atoms with Crippen LogP contribution in [0.15, 0.2) is 34.9 Å². The average Bonchev–Trinajstić information content (AvgIpc) is 2.59. The van der Waals surface area contributed by atoms with Crippen molar-refractivity contribution in [3.05, 3.63) is 46.2 Å². The topological polar surface area (TPSA) is 17.3 Å². The number of aromatic nitrogens is 2. The van der Waals surface area contributed by atoms with Crippen LogP contribution in [-0.4, -0.2) is 9.38 Å². The number of hydrogen-bond donors (Lipinski definition) is 0. The van der Waals surface area contributed by atoms with Crippen molar-refractivity contribution >= 4 is 32.5 Å². The minimum Gasteiger partial charge on any atom is -0.299 e. The van der Waals surface area contributed by atoms with Crippen molar-refractivity contribution in [3.8, 4) is 0 Å². The Balaban J connectivity index is 2.60. The van der Waals surface area contributed by atoms with E-state index in [0.717, 1.165) is 15.8 Å². The quantitative estimate of drug-likeness (QED) is 0.608. The molecule has 80 valence electrons. The largest absolute Gasteiger partial charge is 0.299 e. The highest BCUT2D eigenvalue weighted by Crippen LogP contribution is 2.24. The van der Waals surface area contributed by atoms with Gasteiger partial charge in [0.2, 0.25) is 0 Å². The maximum Gasteiger partial charge on any atom is 0.137 e. The van der Waals surface area contributed by atoms with Crippen LogP contribution < -0.4 is 0 Å². The summed E-state index contributed by atoms with van der Waals surface area (Å²) in [4.78, 5) is 4.50. The molecular weight excluding hydrogens is 264 g/mol. The lowest BCUT2D eigenvalue weighted by Crippen LogP contribution is -1.89. The van der Waals surface area contributed by atoms with Gasteiger partial charge in [0.15, 0.2) is 0 Å². The standard InChI is InChI=1S/C13H11BrN2/c1-8-5-13-15-9(2)7-16(13)12-6-10(14)3-4-11(8)12/h3-7H,1-2H3. The molecule has 0 radical (unpaired) electrons. The van der Waals surface area contributed by atoms with Gasteiger partial charge in [-0.25, -0.2) is 4.98 Å². The van der Waals surface area contributed by atoms with E-state index in [1.165, 1.54) is 16.5 Å². The number of rotatable bonds is 0. The third-order valence-corrected chi connectivity index (χ3v) is 3.34. The Morgan fingerprint density at radius 2 is 2.00 bits per heavy atom. The zero-order valence-corrected chi connectivity index (χ0v) is 10.7. The van der Waals surface area contributed by atoms with Crippen LogP contribution in [-0.2, 0) is 0 Å². The van der Waals surface area contributed by atoms with Crippen molar-refractivity contribution in [2.24, 2.45) is 0 Å². The number of benzene rings is 1. The molecule has 0 aliphatic carbocycles. The summed E-state index contributed by atoms with van der Waals surface area (Å²) in [6.45, 7) is 4.15. The summed E-state index contributed by atoms with van der Waals surface area (Å²) >= 11 is 3.52. The van der Waals surface area contributed by atoms with Gasteiger partial charge < -0.3 is 0 Å². The van der Waals surface area contributed by atoms with Crippen molar-refractivity contribution in [1.29, 1.82) is 0 Å². The molecular formula is C13H11BrN2. The van der Waals surface area contributed by atoms with Crippen LogP contribution >= 0.6 is 15.9 Å². The molecule has 0 unspecified atom stereocenters. The number of imidazole rings is 1.